The van der Waals surface area contributed by atoms with Gasteiger partial charge < -0.3 is 10.0 Å². The van der Waals surface area contributed by atoms with E-state index in [2.05, 4.69) is 24.2 Å². The Morgan fingerprint density at radius 2 is 2.00 bits per heavy atom. The van der Waals surface area contributed by atoms with Crippen molar-refractivity contribution >= 4 is 5.97 Å². The number of rotatable bonds is 6. The molecule has 0 heterocycles. The minimum absolute atomic E-state index is 0.429. The summed E-state index contributed by atoms with van der Waals surface area (Å²) in [6.07, 6.45) is 7.56. The van der Waals surface area contributed by atoms with Crippen LogP contribution in [0, 0.1) is 5.92 Å². The summed E-state index contributed by atoms with van der Waals surface area (Å²) in [5, 5.41) is 13.0. The van der Waals surface area contributed by atoms with Crippen molar-refractivity contribution in [3.8, 4) is 0 Å². The van der Waals surface area contributed by atoms with Gasteiger partial charge in [0.25, 0.3) is 0 Å². The topological polar surface area (TPSA) is 52.6 Å². The molecule has 3 atom stereocenters. The van der Waals surface area contributed by atoms with E-state index in [1.54, 1.807) is 0 Å². The summed E-state index contributed by atoms with van der Waals surface area (Å²) < 4.78 is 0. The van der Waals surface area contributed by atoms with Gasteiger partial charge in [-0.05, 0) is 64.8 Å². The monoisotopic (exact) mass is 266 g/mol. The lowest BCUT2D eigenvalue weighted by Crippen LogP contribution is -2.52. The van der Waals surface area contributed by atoms with E-state index in [4.69, 9.17) is 0 Å². The molecule has 3 saturated carbocycles. The predicted octanol–water partition coefficient (Wildman–Crippen LogP) is 1.84. The van der Waals surface area contributed by atoms with Gasteiger partial charge in [0.1, 0.15) is 5.54 Å². The molecule has 4 heteroatoms. The van der Waals surface area contributed by atoms with Crippen LogP contribution in [0.1, 0.15) is 51.9 Å². The molecule has 3 fully saturated rings. The van der Waals surface area contributed by atoms with Gasteiger partial charge in [0.2, 0.25) is 0 Å². The average Bonchev–Trinajstić information content (AvgIpc) is 3.27. The molecule has 3 aliphatic carbocycles. The molecule has 0 saturated heterocycles. The van der Waals surface area contributed by atoms with Crippen molar-refractivity contribution in [3.05, 3.63) is 0 Å². The zero-order chi connectivity index (χ0) is 13.6. The zero-order valence-corrected chi connectivity index (χ0v) is 12.1. The van der Waals surface area contributed by atoms with Crippen LogP contribution in [0.5, 0.6) is 0 Å². The highest BCUT2D eigenvalue weighted by Gasteiger charge is 2.49. The molecular weight excluding hydrogens is 240 g/mol. The molecule has 2 N–H and O–H groups in total. The molecule has 0 radical (unpaired) electrons. The van der Waals surface area contributed by atoms with E-state index in [-0.39, 0.29) is 0 Å². The summed E-state index contributed by atoms with van der Waals surface area (Å²) in [6.45, 7) is 2.30. The molecule has 0 aromatic rings. The molecule has 0 bridgehead atoms. The Balaban J connectivity index is 1.64. The highest BCUT2D eigenvalue weighted by atomic mass is 16.4. The number of carboxylic acids is 1. The average molecular weight is 266 g/mol. The third-order valence-corrected chi connectivity index (χ3v) is 5.48. The molecule has 3 aliphatic rings. The highest BCUT2D eigenvalue weighted by molar-refractivity contribution is 5.79. The first kappa shape index (κ1) is 13.4. The number of carboxylic acid groups (broad SMARTS) is 1. The van der Waals surface area contributed by atoms with Crippen LogP contribution in [-0.4, -0.2) is 46.7 Å². The van der Waals surface area contributed by atoms with Gasteiger partial charge in [-0.3, -0.25) is 10.1 Å². The smallest absolute Gasteiger partial charge is 0.323 e. The fourth-order valence-corrected chi connectivity index (χ4v) is 3.62. The van der Waals surface area contributed by atoms with Crippen molar-refractivity contribution < 1.29 is 9.90 Å². The minimum Gasteiger partial charge on any atom is -0.480 e. The molecule has 0 spiro atoms. The normalized spacial score (nSPS) is 36.7. The summed E-state index contributed by atoms with van der Waals surface area (Å²) in [4.78, 5) is 14.1. The van der Waals surface area contributed by atoms with Crippen LogP contribution in [0.4, 0.5) is 0 Å². The maximum atomic E-state index is 11.7. The first-order valence-corrected chi connectivity index (χ1v) is 7.75. The van der Waals surface area contributed by atoms with Crippen LogP contribution in [0.3, 0.4) is 0 Å². The maximum absolute atomic E-state index is 11.7. The Hall–Kier alpha value is -0.610. The van der Waals surface area contributed by atoms with Gasteiger partial charge in [0.05, 0.1) is 0 Å². The van der Waals surface area contributed by atoms with Crippen molar-refractivity contribution in [1.82, 2.24) is 10.2 Å². The summed E-state index contributed by atoms with van der Waals surface area (Å²) >= 11 is 0. The second kappa shape index (κ2) is 4.74. The van der Waals surface area contributed by atoms with Gasteiger partial charge in [0, 0.05) is 18.1 Å². The Morgan fingerprint density at radius 3 is 2.53 bits per heavy atom. The third kappa shape index (κ3) is 2.65. The molecule has 0 amide bonds. The summed E-state index contributed by atoms with van der Waals surface area (Å²) in [5.41, 5.74) is -0.649. The molecule has 0 aliphatic heterocycles. The van der Waals surface area contributed by atoms with Crippen LogP contribution in [0.25, 0.3) is 0 Å². The second-order valence-electron chi connectivity index (χ2n) is 6.95. The first-order chi connectivity index (χ1) is 9.02. The SMILES string of the molecule is CC(C1CC1)N(C)C1CCC(NC2CC2)(C(=O)O)C1. The standard InChI is InChI=1S/C15H26N2O2/c1-10(11-3-4-11)17(2)13-7-8-15(9-13,14(18)19)16-12-5-6-12/h10-13,16H,3-9H2,1-2H3,(H,18,19). The Kier molecular flexibility index (Phi) is 3.34. The van der Waals surface area contributed by atoms with E-state index in [1.165, 1.54) is 12.8 Å². The summed E-state index contributed by atoms with van der Waals surface area (Å²) in [6, 6.07) is 1.49. The van der Waals surface area contributed by atoms with Crippen molar-refractivity contribution in [3.63, 3.8) is 0 Å². The fraction of sp³-hybridized carbons (Fsp3) is 0.933. The summed E-state index contributed by atoms with van der Waals surface area (Å²) in [7, 11) is 2.18. The highest BCUT2D eigenvalue weighted by Crippen LogP contribution is 2.40. The van der Waals surface area contributed by atoms with E-state index in [0.717, 1.165) is 38.0 Å². The van der Waals surface area contributed by atoms with E-state index in [0.29, 0.717) is 18.1 Å². The Bertz CT molecular complexity index is 365. The van der Waals surface area contributed by atoms with E-state index < -0.39 is 11.5 Å². The van der Waals surface area contributed by atoms with Crippen LogP contribution in [0.2, 0.25) is 0 Å². The van der Waals surface area contributed by atoms with E-state index in [1.807, 2.05) is 0 Å². The number of nitrogens with zero attached hydrogens (tertiary/aromatic N) is 1. The van der Waals surface area contributed by atoms with Gasteiger partial charge in [-0.25, -0.2) is 0 Å². The van der Waals surface area contributed by atoms with Gasteiger partial charge >= 0.3 is 5.97 Å². The maximum Gasteiger partial charge on any atom is 0.323 e. The van der Waals surface area contributed by atoms with E-state index in [9.17, 15) is 9.90 Å². The van der Waals surface area contributed by atoms with Crippen molar-refractivity contribution in [2.75, 3.05) is 7.05 Å². The molecule has 0 aromatic heterocycles. The second-order valence-corrected chi connectivity index (χ2v) is 6.95. The van der Waals surface area contributed by atoms with Gasteiger partial charge in [-0.1, -0.05) is 0 Å². The predicted molar refractivity (Wildman–Crippen MR) is 74.1 cm³/mol. The van der Waals surface area contributed by atoms with Crippen LogP contribution in [0.15, 0.2) is 0 Å². The number of aliphatic carboxylic acids is 1. The van der Waals surface area contributed by atoms with Gasteiger partial charge in [0.15, 0.2) is 0 Å². The summed E-state index contributed by atoms with van der Waals surface area (Å²) in [5.74, 6) is 0.204. The van der Waals surface area contributed by atoms with Crippen molar-refractivity contribution in [2.45, 2.75) is 75.5 Å². The molecule has 3 unspecified atom stereocenters. The quantitative estimate of drug-likeness (QED) is 0.770. The number of carbonyl (C=O) groups is 1. The van der Waals surface area contributed by atoms with Crippen molar-refractivity contribution in [2.24, 2.45) is 5.92 Å². The largest absolute Gasteiger partial charge is 0.480 e. The van der Waals surface area contributed by atoms with Crippen LogP contribution < -0.4 is 5.32 Å². The number of hydrogen-bond donors (Lipinski definition) is 2. The molecule has 0 aromatic carbocycles. The van der Waals surface area contributed by atoms with Crippen LogP contribution >= 0.6 is 0 Å². The molecule has 19 heavy (non-hydrogen) atoms. The number of hydrogen-bond acceptors (Lipinski definition) is 3. The Labute approximate surface area is 115 Å². The zero-order valence-electron chi connectivity index (χ0n) is 12.1. The lowest BCUT2D eigenvalue weighted by molar-refractivity contribution is -0.145. The third-order valence-electron chi connectivity index (χ3n) is 5.48. The van der Waals surface area contributed by atoms with Gasteiger partial charge in [-0.2, -0.15) is 0 Å². The molecule has 108 valence electrons. The van der Waals surface area contributed by atoms with Crippen LogP contribution in [-0.2, 0) is 4.79 Å². The lowest BCUT2D eigenvalue weighted by Gasteiger charge is -2.32. The van der Waals surface area contributed by atoms with E-state index >= 15 is 0 Å². The lowest BCUT2D eigenvalue weighted by atomic mass is 9.96. The fourth-order valence-electron chi connectivity index (χ4n) is 3.62. The molecule has 4 nitrogen and oxygen atoms in total. The Morgan fingerprint density at radius 1 is 1.32 bits per heavy atom. The molecular formula is C15H26N2O2. The number of nitrogens with one attached hydrogen (secondary N) is 1. The van der Waals surface area contributed by atoms with Gasteiger partial charge in [-0.15, -0.1) is 0 Å². The van der Waals surface area contributed by atoms with Crippen molar-refractivity contribution in [1.29, 1.82) is 0 Å². The minimum atomic E-state index is -0.649. The first-order valence-electron chi connectivity index (χ1n) is 7.75. The molecule has 3 rings (SSSR count).